The number of nitrogens with zero attached hydrogens (tertiary/aromatic N) is 2. The minimum absolute atomic E-state index is 0.443. The van der Waals surface area contributed by atoms with Gasteiger partial charge in [-0.15, -0.1) is 0 Å². The van der Waals surface area contributed by atoms with Gasteiger partial charge < -0.3 is 10.5 Å². The van der Waals surface area contributed by atoms with Crippen molar-refractivity contribution in [1.29, 1.82) is 0 Å². The van der Waals surface area contributed by atoms with E-state index in [4.69, 9.17) is 22.1 Å². The second kappa shape index (κ2) is 4.48. The van der Waals surface area contributed by atoms with E-state index in [9.17, 15) is 0 Å². The minimum atomic E-state index is 0.443. The van der Waals surface area contributed by atoms with Gasteiger partial charge >= 0.3 is 0 Å². The first kappa shape index (κ1) is 11.9. The fraction of sp³-hybridized carbons (Fsp3) is 0.0714. The Kier molecular flexibility index (Phi) is 2.80. The summed E-state index contributed by atoms with van der Waals surface area (Å²) >= 11 is 6.15. The third-order valence-corrected chi connectivity index (χ3v) is 3.25. The molecule has 1 aromatic carbocycles. The number of hydrogen-bond donors (Lipinski definition) is 1. The van der Waals surface area contributed by atoms with Crippen molar-refractivity contribution in [3.8, 4) is 17.1 Å². The molecule has 0 aliphatic heterocycles. The fourth-order valence-electron chi connectivity index (χ4n) is 2.01. The van der Waals surface area contributed by atoms with Gasteiger partial charge in [0.25, 0.3) is 0 Å². The number of ether oxygens (including phenoxy) is 1. The monoisotopic (exact) mass is 273 g/mol. The molecule has 0 unspecified atom stereocenters. The summed E-state index contributed by atoms with van der Waals surface area (Å²) in [6, 6.07) is 11.3. The summed E-state index contributed by atoms with van der Waals surface area (Å²) in [6.45, 7) is 0. The third kappa shape index (κ3) is 2.00. The van der Waals surface area contributed by atoms with Crippen LogP contribution in [0.15, 0.2) is 42.6 Å². The van der Waals surface area contributed by atoms with Gasteiger partial charge in [0.1, 0.15) is 11.6 Å². The van der Waals surface area contributed by atoms with E-state index in [1.807, 2.05) is 47.0 Å². The van der Waals surface area contributed by atoms with Crippen LogP contribution in [0, 0.1) is 0 Å². The Morgan fingerprint density at radius 1 is 1.21 bits per heavy atom. The lowest BCUT2D eigenvalue weighted by Crippen LogP contribution is -1.91. The molecule has 0 saturated carbocycles. The molecular formula is C14H12ClN3O. The van der Waals surface area contributed by atoms with Crippen molar-refractivity contribution in [3.63, 3.8) is 0 Å². The highest BCUT2D eigenvalue weighted by molar-refractivity contribution is 6.33. The van der Waals surface area contributed by atoms with Gasteiger partial charge in [0, 0.05) is 17.4 Å². The Bertz CT molecular complexity index is 734. The quantitative estimate of drug-likeness (QED) is 0.780. The van der Waals surface area contributed by atoms with Crippen molar-refractivity contribution in [2.75, 3.05) is 12.8 Å². The lowest BCUT2D eigenvalue weighted by atomic mass is 10.2. The van der Waals surface area contributed by atoms with Gasteiger partial charge in [0.05, 0.1) is 12.6 Å². The molecule has 4 nitrogen and oxygen atoms in total. The SMILES string of the molecule is COc1ccc(-c2nc(Cl)c3cc(N)ccn23)cc1. The van der Waals surface area contributed by atoms with Crippen LogP contribution < -0.4 is 10.5 Å². The van der Waals surface area contributed by atoms with Gasteiger partial charge in [-0.05, 0) is 36.4 Å². The number of rotatable bonds is 2. The number of imidazole rings is 1. The number of methoxy groups -OCH3 is 1. The Morgan fingerprint density at radius 2 is 1.95 bits per heavy atom. The minimum Gasteiger partial charge on any atom is -0.497 e. The predicted molar refractivity (Wildman–Crippen MR) is 76.6 cm³/mol. The van der Waals surface area contributed by atoms with E-state index in [0.717, 1.165) is 22.7 Å². The van der Waals surface area contributed by atoms with Crippen LogP contribution in [-0.4, -0.2) is 16.5 Å². The van der Waals surface area contributed by atoms with Gasteiger partial charge in [0.2, 0.25) is 0 Å². The first-order valence-corrected chi connectivity index (χ1v) is 6.14. The molecule has 19 heavy (non-hydrogen) atoms. The van der Waals surface area contributed by atoms with Crippen LogP contribution in [0.25, 0.3) is 16.9 Å². The largest absolute Gasteiger partial charge is 0.497 e. The zero-order chi connectivity index (χ0) is 13.4. The number of halogens is 1. The van der Waals surface area contributed by atoms with Crippen molar-refractivity contribution in [2.45, 2.75) is 0 Å². The first-order valence-electron chi connectivity index (χ1n) is 5.76. The van der Waals surface area contributed by atoms with Crippen LogP contribution in [0.4, 0.5) is 5.69 Å². The number of nitrogen functional groups attached to an aromatic ring is 1. The topological polar surface area (TPSA) is 52.5 Å². The average molecular weight is 274 g/mol. The Labute approximate surface area is 115 Å². The zero-order valence-corrected chi connectivity index (χ0v) is 11.1. The van der Waals surface area contributed by atoms with E-state index in [1.54, 1.807) is 7.11 Å². The number of fused-ring (bicyclic) bond motifs is 1. The molecule has 0 spiro atoms. The zero-order valence-electron chi connectivity index (χ0n) is 10.3. The maximum atomic E-state index is 6.15. The van der Waals surface area contributed by atoms with E-state index in [-0.39, 0.29) is 0 Å². The highest BCUT2D eigenvalue weighted by atomic mass is 35.5. The summed E-state index contributed by atoms with van der Waals surface area (Å²) in [5.41, 5.74) is 8.19. The Balaban J connectivity index is 2.19. The summed E-state index contributed by atoms with van der Waals surface area (Å²) in [6.07, 6.45) is 1.86. The summed E-state index contributed by atoms with van der Waals surface area (Å²) in [7, 11) is 1.64. The van der Waals surface area contributed by atoms with Gasteiger partial charge in [0.15, 0.2) is 5.15 Å². The van der Waals surface area contributed by atoms with Crippen LogP contribution in [0.3, 0.4) is 0 Å². The second-order valence-corrected chi connectivity index (χ2v) is 4.53. The summed E-state index contributed by atoms with van der Waals surface area (Å²) in [5.74, 6) is 1.59. The molecule has 0 aliphatic carbocycles. The Morgan fingerprint density at radius 3 is 2.63 bits per heavy atom. The number of nitrogens with two attached hydrogens (primary N) is 1. The summed E-state index contributed by atoms with van der Waals surface area (Å²) in [4.78, 5) is 4.39. The maximum absolute atomic E-state index is 6.15. The molecule has 0 saturated heterocycles. The molecule has 0 atom stereocenters. The van der Waals surface area contributed by atoms with Crippen LogP contribution in [-0.2, 0) is 0 Å². The predicted octanol–water partition coefficient (Wildman–Crippen LogP) is 3.25. The lowest BCUT2D eigenvalue weighted by molar-refractivity contribution is 0.415. The molecule has 0 aliphatic rings. The van der Waals surface area contributed by atoms with E-state index >= 15 is 0 Å². The summed E-state index contributed by atoms with van der Waals surface area (Å²) in [5, 5.41) is 0.443. The van der Waals surface area contributed by atoms with Gasteiger partial charge in [-0.3, -0.25) is 4.40 Å². The number of pyridine rings is 1. The van der Waals surface area contributed by atoms with Crippen LogP contribution >= 0.6 is 11.6 Å². The smallest absolute Gasteiger partial charge is 0.155 e. The van der Waals surface area contributed by atoms with Crippen molar-refractivity contribution >= 4 is 22.8 Å². The molecule has 3 rings (SSSR count). The van der Waals surface area contributed by atoms with Crippen LogP contribution in [0.1, 0.15) is 0 Å². The second-order valence-electron chi connectivity index (χ2n) is 4.17. The van der Waals surface area contributed by atoms with E-state index in [1.165, 1.54) is 0 Å². The van der Waals surface area contributed by atoms with E-state index < -0.39 is 0 Å². The van der Waals surface area contributed by atoms with Crippen LogP contribution in [0.2, 0.25) is 5.15 Å². The molecule has 2 aromatic heterocycles. The molecule has 5 heteroatoms. The molecular weight excluding hydrogens is 262 g/mol. The number of anilines is 1. The van der Waals surface area contributed by atoms with Crippen LogP contribution in [0.5, 0.6) is 5.75 Å². The van der Waals surface area contributed by atoms with Gasteiger partial charge in [-0.25, -0.2) is 4.98 Å². The maximum Gasteiger partial charge on any atom is 0.155 e. The Hall–Kier alpha value is -2.20. The highest BCUT2D eigenvalue weighted by Crippen LogP contribution is 2.27. The molecule has 0 radical (unpaired) electrons. The average Bonchev–Trinajstić information content (AvgIpc) is 2.76. The van der Waals surface area contributed by atoms with E-state index in [0.29, 0.717) is 10.8 Å². The van der Waals surface area contributed by atoms with Crippen molar-refractivity contribution in [1.82, 2.24) is 9.38 Å². The molecule has 96 valence electrons. The van der Waals surface area contributed by atoms with Gasteiger partial charge in [-0.1, -0.05) is 11.6 Å². The molecule has 2 N–H and O–H groups in total. The fourth-order valence-corrected chi connectivity index (χ4v) is 2.23. The molecule has 2 heterocycles. The number of aromatic nitrogens is 2. The number of hydrogen-bond acceptors (Lipinski definition) is 3. The first-order chi connectivity index (χ1) is 9.19. The lowest BCUT2D eigenvalue weighted by Gasteiger charge is -2.03. The molecule has 0 amide bonds. The number of benzene rings is 1. The third-order valence-electron chi connectivity index (χ3n) is 2.97. The molecule has 0 fully saturated rings. The van der Waals surface area contributed by atoms with Crippen molar-refractivity contribution in [3.05, 3.63) is 47.7 Å². The van der Waals surface area contributed by atoms with E-state index in [2.05, 4.69) is 4.98 Å². The highest BCUT2D eigenvalue weighted by Gasteiger charge is 2.11. The normalized spacial score (nSPS) is 10.8. The standard InChI is InChI=1S/C14H12ClN3O/c1-19-11-4-2-9(3-5-11)14-17-13(15)12-8-10(16)6-7-18(12)14/h2-8H,16H2,1H3. The van der Waals surface area contributed by atoms with Crippen molar-refractivity contribution in [2.24, 2.45) is 0 Å². The molecule has 3 aromatic rings. The van der Waals surface area contributed by atoms with Crippen molar-refractivity contribution < 1.29 is 4.74 Å². The van der Waals surface area contributed by atoms with Gasteiger partial charge in [-0.2, -0.15) is 0 Å². The molecule has 0 bridgehead atoms. The summed E-state index contributed by atoms with van der Waals surface area (Å²) < 4.78 is 7.06.